The summed E-state index contributed by atoms with van der Waals surface area (Å²) in [6.45, 7) is 5.25. The molecule has 1 unspecified atom stereocenters. The molecule has 2 heterocycles. The zero-order valence-electron chi connectivity index (χ0n) is 17.0. The van der Waals surface area contributed by atoms with E-state index in [0.717, 1.165) is 36.6 Å². The smallest absolute Gasteiger partial charge is 0.323 e. The minimum absolute atomic E-state index is 0.0216. The summed E-state index contributed by atoms with van der Waals surface area (Å²) in [6, 6.07) is 14.8. The van der Waals surface area contributed by atoms with E-state index in [1.54, 1.807) is 24.3 Å². The lowest BCUT2D eigenvalue weighted by atomic mass is 10.1. The van der Waals surface area contributed by atoms with Crippen LogP contribution in [-0.4, -0.2) is 54.1 Å². The summed E-state index contributed by atoms with van der Waals surface area (Å²) in [5.74, 6) is 0. The summed E-state index contributed by atoms with van der Waals surface area (Å²) in [4.78, 5) is 19.3. The third-order valence-electron chi connectivity index (χ3n) is 5.28. The van der Waals surface area contributed by atoms with Gasteiger partial charge in [0, 0.05) is 29.7 Å². The lowest BCUT2D eigenvalue weighted by Crippen LogP contribution is -2.43. The van der Waals surface area contributed by atoms with Gasteiger partial charge in [0.15, 0.2) is 0 Å². The molecule has 4 rings (SSSR count). The highest BCUT2D eigenvalue weighted by Crippen LogP contribution is 2.21. The van der Waals surface area contributed by atoms with E-state index < -0.39 is 0 Å². The van der Waals surface area contributed by atoms with Crippen LogP contribution in [0.15, 0.2) is 65.3 Å². The molecule has 1 atom stereocenters. The van der Waals surface area contributed by atoms with Gasteiger partial charge >= 0.3 is 6.03 Å². The Hall–Kier alpha value is -3.16. The van der Waals surface area contributed by atoms with Gasteiger partial charge in [0.25, 0.3) is 0 Å². The number of carbonyl (C=O) groups is 1. The van der Waals surface area contributed by atoms with Crippen LogP contribution in [0.25, 0.3) is 0 Å². The molecule has 0 saturated carbocycles. The summed E-state index contributed by atoms with van der Waals surface area (Å²) in [7, 11) is 0. The van der Waals surface area contributed by atoms with Gasteiger partial charge in [0.05, 0.1) is 32.1 Å². The normalized spacial score (nSPS) is 18.6. The number of anilines is 2. The van der Waals surface area contributed by atoms with Gasteiger partial charge in [-0.2, -0.15) is 0 Å². The Kier molecular flexibility index (Phi) is 6.11. The second kappa shape index (κ2) is 9.11. The van der Waals surface area contributed by atoms with Crippen molar-refractivity contribution in [3.63, 3.8) is 0 Å². The van der Waals surface area contributed by atoms with E-state index in [0.29, 0.717) is 24.0 Å². The molecular weight excluding hydrogens is 380 g/mol. The number of amides is 2. The molecule has 2 aromatic carbocycles. The molecule has 3 N–H and O–H groups in total. The van der Waals surface area contributed by atoms with Gasteiger partial charge < -0.3 is 25.4 Å². The number of benzene rings is 2. The Morgan fingerprint density at radius 3 is 2.43 bits per heavy atom. The zero-order valence-corrected chi connectivity index (χ0v) is 17.0. The van der Waals surface area contributed by atoms with Crippen LogP contribution in [0.5, 0.6) is 0 Å². The highest BCUT2D eigenvalue weighted by atomic mass is 16.5. The highest BCUT2D eigenvalue weighted by molar-refractivity contribution is 6.10. The summed E-state index contributed by atoms with van der Waals surface area (Å²) >= 11 is 0. The number of nitrogens with zero attached hydrogens (tertiary/aromatic N) is 2. The van der Waals surface area contributed by atoms with Crippen LogP contribution >= 0.6 is 0 Å². The molecule has 0 radical (unpaired) electrons. The van der Waals surface area contributed by atoms with Gasteiger partial charge in [-0.1, -0.05) is 24.3 Å². The number of rotatable bonds is 5. The maximum absolute atomic E-state index is 12.2. The number of nitrogens with one attached hydrogen (secondary N) is 2. The Morgan fingerprint density at radius 1 is 1.13 bits per heavy atom. The number of hydrogen-bond donors (Lipinski definition) is 3. The second-order valence-corrected chi connectivity index (χ2v) is 7.47. The third-order valence-corrected chi connectivity index (χ3v) is 5.28. The van der Waals surface area contributed by atoms with Crippen molar-refractivity contribution in [2.75, 3.05) is 36.9 Å². The molecule has 30 heavy (non-hydrogen) atoms. The Labute approximate surface area is 176 Å². The van der Waals surface area contributed by atoms with Crippen LogP contribution in [0.1, 0.15) is 18.1 Å². The second-order valence-electron chi connectivity index (χ2n) is 7.47. The molecular formula is C23H26N4O3. The number of urea groups is 1. The molecule has 0 aliphatic carbocycles. The SMILES string of the molecule is CC1COCCN1C1=CC(c2ccc(NC(=O)Nc3ccc(CO)cc3)cc2)=NC1. The fraction of sp³-hybridized carbons (Fsp3) is 0.304. The van der Waals surface area contributed by atoms with Gasteiger partial charge in [-0.3, -0.25) is 4.99 Å². The number of carbonyl (C=O) groups excluding carboxylic acids is 1. The van der Waals surface area contributed by atoms with Crippen molar-refractivity contribution in [1.29, 1.82) is 0 Å². The van der Waals surface area contributed by atoms with E-state index in [9.17, 15) is 4.79 Å². The highest BCUT2D eigenvalue weighted by Gasteiger charge is 2.23. The maximum Gasteiger partial charge on any atom is 0.323 e. The fourth-order valence-electron chi connectivity index (χ4n) is 3.63. The largest absolute Gasteiger partial charge is 0.392 e. The van der Waals surface area contributed by atoms with Gasteiger partial charge in [-0.15, -0.1) is 0 Å². The van der Waals surface area contributed by atoms with Crippen molar-refractivity contribution >= 4 is 23.1 Å². The van der Waals surface area contributed by atoms with Crippen LogP contribution in [-0.2, 0) is 11.3 Å². The Balaban J connectivity index is 1.35. The van der Waals surface area contributed by atoms with Crippen molar-refractivity contribution in [2.45, 2.75) is 19.6 Å². The first kappa shape index (κ1) is 20.1. The molecule has 1 fully saturated rings. The van der Waals surface area contributed by atoms with Crippen LogP contribution < -0.4 is 10.6 Å². The van der Waals surface area contributed by atoms with Crippen molar-refractivity contribution in [3.8, 4) is 0 Å². The standard InChI is InChI=1S/C23H26N4O3/c1-16-15-30-11-10-27(16)21-12-22(24-13-21)18-4-8-20(9-5-18)26-23(29)25-19-6-2-17(14-28)3-7-19/h2-9,12,16,28H,10-11,13-15H2,1H3,(H2,25,26,29). The first-order chi connectivity index (χ1) is 14.6. The number of hydrogen-bond acceptors (Lipinski definition) is 5. The molecule has 2 aliphatic rings. The summed E-state index contributed by atoms with van der Waals surface area (Å²) in [6.07, 6.45) is 2.15. The van der Waals surface area contributed by atoms with E-state index in [2.05, 4.69) is 33.5 Å². The van der Waals surface area contributed by atoms with Crippen molar-refractivity contribution in [2.24, 2.45) is 4.99 Å². The first-order valence-corrected chi connectivity index (χ1v) is 10.1. The number of aliphatic hydroxyl groups excluding tert-OH is 1. The van der Waals surface area contributed by atoms with Crippen LogP contribution in [0.2, 0.25) is 0 Å². The van der Waals surface area contributed by atoms with Crippen LogP contribution in [0.4, 0.5) is 16.2 Å². The molecule has 0 bridgehead atoms. The maximum atomic E-state index is 12.2. The molecule has 2 aliphatic heterocycles. The average molecular weight is 406 g/mol. The molecule has 0 aromatic heterocycles. The molecule has 7 heteroatoms. The van der Waals surface area contributed by atoms with E-state index in [1.165, 1.54) is 5.70 Å². The average Bonchev–Trinajstić information content (AvgIpc) is 3.25. The molecule has 1 saturated heterocycles. The van der Waals surface area contributed by atoms with Crippen molar-refractivity contribution < 1.29 is 14.6 Å². The predicted molar refractivity (Wildman–Crippen MR) is 118 cm³/mol. The minimum Gasteiger partial charge on any atom is -0.392 e. The monoisotopic (exact) mass is 406 g/mol. The number of allylic oxidation sites excluding steroid dienone is 1. The number of morpholine rings is 1. The van der Waals surface area contributed by atoms with E-state index >= 15 is 0 Å². The van der Waals surface area contributed by atoms with Gasteiger partial charge in [-0.25, -0.2) is 4.79 Å². The molecule has 2 aromatic rings. The number of ether oxygens (including phenoxy) is 1. The van der Waals surface area contributed by atoms with Crippen LogP contribution in [0, 0.1) is 0 Å². The lowest BCUT2D eigenvalue weighted by Gasteiger charge is -2.35. The molecule has 2 amide bonds. The molecule has 156 valence electrons. The zero-order chi connectivity index (χ0) is 20.9. The van der Waals surface area contributed by atoms with Crippen molar-refractivity contribution in [3.05, 3.63) is 71.4 Å². The van der Waals surface area contributed by atoms with Crippen LogP contribution in [0.3, 0.4) is 0 Å². The van der Waals surface area contributed by atoms with Gasteiger partial charge in [0.1, 0.15) is 0 Å². The van der Waals surface area contributed by atoms with Gasteiger partial charge in [0.2, 0.25) is 0 Å². The molecule has 7 nitrogen and oxygen atoms in total. The number of aliphatic hydroxyl groups is 1. The fourth-order valence-corrected chi connectivity index (χ4v) is 3.63. The van der Waals surface area contributed by atoms with E-state index in [1.807, 2.05) is 24.3 Å². The summed E-state index contributed by atoms with van der Waals surface area (Å²) in [5.41, 5.74) is 5.38. The quantitative estimate of drug-likeness (QED) is 0.712. The Bertz CT molecular complexity index is 951. The van der Waals surface area contributed by atoms with Gasteiger partial charge in [-0.05, 0) is 48.4 Å². The molecule has 0 spiro atoms. The Morgan fingerprint density at radius 2 is 1.80 bits per heavy atom. The third kappa shape index (κ3) is 4.69. The lowest BCUT2D eigenvalue weighted by molar-refractivity contribution is 0.0168. The summed E-state index contributed by atoms with van der Waals surface area (Å²) in [5, 5.41) is 14.7. The van der Waals surface area contributed by atoms with Crippen molar-refractivity contribution in [1.82, 2.24) is 4.90 Å². The summed E-state index contributed by atoms with van der Waals surface area (Å²) < 4.78 is 5.52. The number of aliphatic imine (C=N–C) groups is 1. The topological polar surface area (TPSA) is 86.2 Å². The predicted octanol–water partition coefficient (Wildman–Crippen LogP) is 3.23. The van der Waals surface area contributed by atoms with E-state index in [-0.39, 0.29) is 12.6 Å². The van der Waals surface area contributed by atoms with E-state index in [4.69, 9.17) is 9.84 Å². The first-order valence-electron chi connectivity index (χ1n) is 10.1. The minimum atomic E-state index is -0.318.